The zero-order valence-electron chi connectivity index (χ0n) is 12.5. The van der Waals surface area contributed by atoms with E-state index in [0.29, 0.717) is 11.5 Å². The van der Waals surface area contributed by atoms with Crippen LogP contribution in [0.3, 0.4) is 0 Å². The highest BCUT2D eigenvalue weighted by Gasteiger charge is 2.31. The number of nitrogens with one attached hydrogen (secondary N) is 2. The fraction of sp³-hybridized carbons (Fsp3) is 0.933. The molecule has 0 unspecified atom stereocenters. The lowest BCUT2D eigenvalue weighted by Gasteiger charge is -2.39. The minimum absolute atomic E-state index is 0.506. The van der Waals surface area contributed by atoms with Crippen LogP contribution < -0.4 is 10.6 Å². The number of rotatable bonds is 5. The van der Waals surface area contributed by atoms with Gasteiger partial charge >= 0.3 is 0 Å². The van der Waals surface area contributed by atoms with Gasteiger partial charge in [-0.25, -0.2) is 0 Å². The predicted octanol–water partition coefficient (Wildman–Crippen LogP) is 3.86. The number of thiocarbonyl (C=S) groups is 1. The molecule has 0 aliphatic heterocycles. The molecule has 0 atom stereocenters. The molecule has 1 rings (SSSR count). The normalized spacial score (nSPS) is 24.7. The summed E-state index contributed by atoms with van der Waals surface area (Å²) in [5.41, 5.74) is 0.506. The molecular formula is C15H30N2S. The molecule has 1 saturated carbocycles. The van der Waals surface area contributed by atoms with Crippen LogP contribution in [0.15, 0.2) is 0 Å². The lowest BCUT2D eigenvalue weighted by atomic mass is 9.69. The van der Waals surface area contributed by atoms with Crippen LogP contribution in [0.25, 0.3) is 0 Å². The first-order valence-electron chi connectivity index (χ1n) is 7.54. The van der Waals surface area contributed by atoms with Crippen molar-refractivity contribution in [2.45, 2.75) is 72.3 Å². The van der Waals surface area contributed by atoms with Gasteiger partial charge in [0.1, 0.15) is 0 Å². The van der Waals surface area contributed by atoms with E-state index in [2.05, 4.69) is 38.3 Å². The maximum Gasteiger partial charge on any atom is 0.166 e. The van der Waals surface area contributed by atoms with Gasteiger partial charge in [0.2, 0.25) is 0 Å². The van der Waals surface area contributed by atoms with E-state index >= 15 is 0 Å². The molecule has 0 heterocycles. The van der Waals surface area contributed by atoms with Gasteiger partial charge in [0, 0.05) is 12.6 Å². The van der Waals surface area contributed by atoms with Crippen molar-refractivity contribution >= 4 is 17.3 Å². The third kappa shape index (κ3) is 4.75. The lowest BCUT2D eigenvalue weighted by molar-refractivity contribution is 0.141. The topological polar surface area (TPSA) is 24.1 Å². The summed E-state index contributed by atoms with van der Waals surface area (Å²) in [6.07, 6.45) is 7.62. The molecule has 3 heteroatoms. The Hall–Kier alpha value is -0.310. The van der Waals surface area contributed by atoms with Gasteiger partial charge in [-0.3, -0.25) is 0 Å². The summed E-state index contributed by atoms with van der Waals surface area (Å²) in [5.74, 6) is 0.887. The molecule has 0 amide bonds. The van der Waals surface area contributed by atoms with E-state index in [9.17, 15) is 0 Å². The van der Waals surface area contributed by atoms with Crippen molar-refractivity contribution in [3.63, 3.8) is 0 Å². The summed E-state index contributed by atoms with van der Waals surface area (Å²) in [4.78, 5) is 0. The Morgan fingerprint density at radius 1 is 1.17 bits per heavy atom. The third-order valence-electron chi connectivity index (χ3n) is 4.61. The molecule has 0 aromatic rings. The zero-order valence-corrected chi connectivity index (χ0v) is 13.3. The number of hydrogen-bond acceptors (Lipinski definition) is 1. The first-order chi connectivity index (χ1) is 8.49. The molecule has 18 heavy (non-hydrogen) atoms. The Bertz CT molecular complexity index is 255. The molecule has 1 fully saturated rings. The van der Waals surface area contributed by atoms with Crippen molar-refractivity contribution in [3.8, 4) is 0 Å². The summed E-state index contributed by atoms with van der Waals surface area (Å²) in [7, 11) is 0. The average molecular weight is 270 g/mol. The molecule has 0 aromatic heterocycles. The monoisotopic (exact) mass is 270 g/mol. The molecule has 2 N–H and O–H groups in total. The van der Waals surface area contributed by atoms with Crippen LogP contribution in [-0.2, 0) is 0 Å². The molecule has 2 nitrogen and oxygen atoms in total. The molecule has 0 spiro atoms. The van der Waals surface area contributed by atoms with Gasteiger partial charge in [-0.05, 0) is 55.7 Å². The van der Waals surface area contributed by atoms with E-state index in [-0.39, 0.29) is 0 Å². The Labute approximate surface area is 118 Å². The molecule has 0 radical (unpaired) electrons. The van der Waals surface area contributed by atoms with Crippen LogP contribution >= 0.6 is 12.2 Å². The van der Waals surface area contributed by atoms with E-state index in [1.54, 1.807) is 0 Å². The second kappa shape index (κ2) is 7.32. The maximum atomic E-state index is 5.30. The van der Waals surface area contributed by atoms with Crippen molar-refractivity contribution in [2.75, 3.05) is 6.54 Å². The summed E-state index contributed by atoms with van der Waals surface area (Å²) in [5, 5.41) is 7.56. The Kier molecular flexibility index (Phi) is 6.40. The fourth-order valence-electron chi connectivity index (χ4n) is 2.78. The minimum atomic E-state index is 0.506. The van der Waals surface area contributed by atoms with Gasteiger partial charge in [0.05, 0.1) is 0 Å². The Morgan fingerprint density at radius 2 is 1.78 bits per heavy atom. The van der Waals surface area contributed by atoms with Gasteiger partial charge in [-0.2, -0.15) is 0 Å². The maximum absolute atomic E-state index is 5.30. The van der Waals surface area contributed by atoms with Gasteiger partial charge in [-0.1, -0.05) is 34.1 Å². The van der Waals surface area contributed by atoms with Crippen LogP contribution in [0.4, 0.5) is 0 Å². The number of hydrogen-bond donors (Lipinski definition) is 2. The third-order valence-corrected chi connectivity index (χ3v) is 4.88. The molecule has 0 aromatic carbocycles. The van der Waals surface area contributed by atoms with Crippen molar-refractivity contribution in [1.82, 2.24) is 10.6 Å². The van der Waals surface area contributed by atoms with Crippen molar-refractivity contribution < 1.29 is 0 Å². The highest BCUT2D eigenvalue weighted by molar-refractivity contribution is 7.80. The Morgan fingerprint density at radius 3 is 2.28 bits per heavy atom. The molecule has 1 aliphatic rings. The Balaban J connectivity index is 2.29. The molecule has 106 valence electrons. The van der Waals surface area contributed by atoms with Crippen LogP contribution in [0.1, 0.15) is 66.2 Å². The summed E-state index contributed by atoms with van der Waals surface area (Å²) >= 11 is 5.30. The lowest BCUT2D eigenvalue weighted by Crippen LogP contribution is -2.44. The molecule has 0 bridgehead atoms. The van der Waals surface area contributed by atoms with Crippen LogP contribution in [0.5, 0.6) is 0 Å². The first-order valence-corrected chi connectivity index (χ1v) is 7.94. The standard InChI is InChI=1S/C15H30N2S/c1-5-11-16-14(18)17-13-9-7-12(8-10-13)15(3,4)6-2/h12-13H,5-11H2,1-4H3,(H2,16,17,18). The van der Waals surface area contributed by atoms with E-state index in [0.717, 1.165) is 24.0 Å². The molecular weight excluding hydrogens is 240 g/mol. The predicted molar refractivity (Wildman–Crippen MR) is 83.8 cm³/mol. The van der Waals surface area contributed by atoms with E-state index < -0.39 is 0 Å². The first kappa shape index (κ1) is 15.7. The van der Waals surface area contributed by atoms with Gasteiger partial charge < -0.3 is 10.6 Å². The smallest absolute Gasteiger partial charge is 0.166 e. The minimum Gasteiger partial charge on any atom is -0.363 e. The second-order valence-electron chi connectivity index (χ2n) is 6.29. The summed E-state index contributed by atoms with van der Waals surface area (Å²) in [6, 6.07) is 0.589. The fourth-order valence-corrected chi connectivity index (χ4v) is 3.05. The van der Waals surface area contributed by atoms with Gasteiger partial charge in [0.25, 0.3) is 0 Å². The van der Waals surface area contributed by atoms with Crippen LogP contribution in [0.2, 0.25) is 0 Å². The zero-order chi connectivity index (χ0) is 13.6. The molecule has 1 aliphatic carbocycles. The van der Waals surface area contributed by atoms with Gasteiger partial charge in [0.15, 0.2) is 5.11 Å². The van der Waals surface area contributed by atoms with Crippen molar-refractivity contribution in [3.05, 3.63) is 0 Å². The largest absolute Gasteiger partial charge is 0.363 e. The SMILES string of the molecule is CCCNC(=S)NC1CCC(C(C)(C)CC)CC1. The van der Waals surface area contributed by atoms with E-state index in [4.69, 9.17) is 12.2 Å². The van der Waals surface area contributed by atoms with Crippen molar-refractivity contribution in [1.29, 1.82) is 0 Å². The summed E-state index contributed by atoms with van der Waals surface area (Å²) in [6.45, 7) is 10.3. The van der Waals surface area contributed by atoms with Crippen LogP contribution in [-0.4, -0.2) is 17.7 Å². The quantitative estimate of drug-likeness (QED) is 0.742. The molecule has 0 saturated heterocycles. The highest BCUT2D eigenvalue weighted by atomic mass is 32.1. The van der Waals surface area contributed by atoms with Gasteiger partial charge in [-0.15, -0.1) is 0 Å². The average Bonchev–Trinajstić information content (AvgIpc) is 2.37. The highest BCUT2D eigenvalue weighted by Crippen LogP contribution is 2.40. The van der Waals surface area contributed by atoms with Crippen LogP contribution in [0, 0.1) is 11.3 Å². The van der Waals surface area contributed by atoms with E-state index in [1.807, 2.05) is 0 Å². The van der Waals surface area contributed by atoms with Crippen molar-refractivity contribution in [2.24, 2.45) is 11.3 Å². The second-order valence-corrected chi connectivity index (χ2v) is 6.70. The van der Waals surface area contributed by atoms with E-state index in [1.165, 1.54) is 32.1 Å². The summed E-state index contributed by atoms with van der Waals surface area (Å²) < 4.78 is 0.